The van der Waals surface area contributed by atoms with Gasteiger partial charge in [0, 0.05) is 10.7 Å². The number of fused-ring (bicyclic) bond motifs is 1. The third kappa shape index (κ3) is 1.76. The van der Waals surface area contributed by atoms with Gasteiger partial charge < -0.3 is 10.3 Å². The molecule has 0 fully saturated rings. The van der Waals surface area contributed by atoms with Crippen molar-refractivity contribution in [2.24, 2.45) is 5.73 Å². The smallest absolute Gasteiger partial charge is 0.160 e. The number of rotatable bonds is 2. The summed E-state index contributed by atoms with van der Waals surface area (Å²) in [7, 11) is 0. The number of halogens is 1. The van der Waals surface area contributed by atoms with Crippen molar-refractivity contribution < 1.29 is 0 Å². The quantitative estimate of drug-likeness (QED) is 0.840. The fourth-order valence-electron chi connectivity index (χ4n) is 1.21. The van der Waals surface area contributed by atoms with Gasteiger partial charge in [-0.15, -0.1) is 0 Å². The molecule has 2 heterocycles. The van der Waals surface area contributed by atoms with Crippen molar-refractivity contribution in [1.82, 2.24) is 14.5 Å². The highest BCUT2D eigenvalue weighted by atomic mass is 79.9. The molecule has 14 heavy (non-hydrogen) atoms. The molecule has 0 bridgehead atoms. The van der Waals surface area contributed by atoms with Gasteiger partial charge >= 0.3 is 0 Å². The normalized spacial score (nSPS) is 10.6. The van der Waals surface area contributed by atoms with E-state index in [1.165, 1.54) is 0 Å². The molecule has 0 spiro atoms. The molecule has 0 radical (unpaired) electrons. The minimum Gasteiger partial charge on any atom is -0.392 e. The van der Waals surface area contributed by atoms with Gasteiger partial charge in [0.05, 0.1) is 17.9 Å². The monoisotopic (exact) mass is 270 g/mol. The molecular formula is C8H7BrN4S. The second-order valence-corrected chi connectivity index (χ2v) is 4.28. The molecule has 0 aliphatic rings. The summed E-state index contributed by atoms with van der Waals surface area (Å²) < 4.78 is 2.73. The molecule has 0 aliphatic heterocycles. The zero-order valence-electron chi connectivity index (χ0n) is 7.14. The van der Waals surface area contributed by atoms with Crippen LogP contribution in [0.25, 0.3) is 11.2 Å². The van der Waals surface area contributed by atoms with Crippen LogP contribution in [0.1, 0.15) is 0 Å². The lowest BCUT2D eigenvalue weighted by atomic mass is 10.4. The second kappa shape index (κ2) is 3.62. The molecule has 2 rings (SSSR count). The molecule has 2 aromatic rings. The first-order valence-electron chi connectivity index (χ1n) is 3.91. The molecule has 0 aromatic carbocycles. The first kappa shape index (κ1) is 9.54. The number of hydrogen-bond acceptors (Lipinski definition) is 3. The minimum atomic E-state index is 0.425. The Balaban J connectivity index is 2.52. The van der Waals surface area contributed by atoms with Crippen LogP contribution in [0, 0.1) is 0 Å². The SMILES string of the molecule is NC(=S)Cn1cnc2cc(Br)cnc21. The van der Waals surface area contributed by atoms with Crippen LogP contribution in [0.3, 0.4) is 0 Å². The molecule has 4 nitrogen and oxygen atoms in total. The van der Waals surface area contributed by atoms with Crippen LogP contribution >= 0.6 is 28.1 Å². The average molecular weight is 271 g/mol. The Bertz CT molecular complexity index is 493. The predicted molar refractivity (Wildman–Crippen MR) is 62.0 cm³/mol. The maximum Gasteiger partial charge on any atom is 0.160 e. The van der Waals surface area contributed by atoms with Crippen LogP contribution in [0.4, 0.5) is 0 Å². The number of nitrogens with two attached hydrogens (primary N) is 1. The third-order valence-electron chi connectivity index (χ3n) is 1.75. The first-order valence-corrected chi connectivity index (χ1v) is 5.11. The molecule has 0 saturated carbocycles. The molecular weight excluding hydrogens is 264 g/mol. The van der Waals surface area contributed by atoms with Gasteiger partial charge in [0.15, 0.2) is 5.65 Å². The number of nitrogens with zero attached hydrogens (tertiary/aromatic N) is 3. The van der Waals surface area contributed by atoms with E-state index < -0.39 is 0 Å². The highest BCUT2D eigenvalue weighted by Crippen LogP contribution is 2.15. The van der Waals surface area contributed by atoms with E-state index in [0.717, 1.165) is 15.6 Å². The Morgan fingerprint density at radius 1 is 1.57 bits per heavy atom. The molecule has 0 atom stereocenters. The third-order valence-corrected chi connectivity index (χ3v) is 2.31. The highest BCUT2D eigenvalue weighted by molar-refractivity contribution is 9.10. The first-order chi connectivity index (χ1) is 6.66. The average Bonchev–Trinajstić information content (AvgIpc) is 2.47. The lowest BCUT2D eigenvalue weighted by Gasteiger charge is -2.00. The number of aromatic nitrogens is 3. The maximum absolute atomic E-state index is 5.45. The molecule has 0 saturated heterocycles. The van der Waals surface area contributed by atoms with E-state index in [1.807, 2.05) is 10.6 Å². The summed E-state index contributed by atoms with van der Waals surface area (Å²) in [5.74, 6) is 0. The maximum atomic E-state index is 5.45. The summed E-state index contributed by atoms with van der Waals surface area (Å²) in [6.45, 7) is 0.473. The Morgan fingerprint density at radius 2 is 2.36 bits per heavy atom. The van der Waals surface area contributed by atoms with E-state index in [-0.39, 0.29) is 0 Å². The van der Waals surface area contributed by atoms with Gasteiger partial charge in [-0.25, -0.2) is 9.97 Å². The molecule has 0 aliphatic carbocycles. The topological polar surface area (TPSA) is 56.7 Å². The van der Waals surface area contributed by atoms with Crippen molar-refractivity contribution in [2.75, 3.05) is 0 Å². The van der Waals surface area contributed by atoms with E-state index in [4.69, 9.17) is 18.0 Å². The minimum absolute atomic E-state index is 0.425. The van der Waals surface area contributed by atoms with Crippen molar-refractivity contribution in [1.29, 1.82) is 0 Å². The Labute approximate surface area is 94.3 Å². The van der Waals surface area contributed by atoms with Gasteiger partial charge in [0.25, 0.3) is 0 Å². The van der Waals surface area contributed by atoms with Crippen LogP contribution in [0.15, 0.2) is 23.1 Å². The van der Waals surface area contributed by atoms with Gasteiger partial charge in [-0.2, -0.15) is 0 Å². The molecule has 2 N–H and O–H groups in total. The fraction of sp³-hybridized carbons (Fsp3) is 0.125. The number of hydrogen-bond donors (Lipinski definition) is 1. The molecule has 0 amide bonds. The standard InChI is InChI=1S/C8H7BrN4S/c9-5-1-6-8(11-2-5)13(4-12-6)3-7(10)14/h1-2,4H,3H2,(H2,10,14). The van der Waals surface area contributed by atoms with Gasteiger partial charge in [-0.3, -0.25) is 0 Å². The largest absolute Gasteiger partial charge is 0.392 e. The van der Waals surface area contributed by atoms with E-state index in [9.17, 15) is 0 Å². The Kier molecular flexibility index (Phi) is 2.47. The van der Waals surface area contributed by atoms with E-state index >= 15 is 0 Å². The summed E-state index contributed by atoms with van der Waals surface area (Å²) in [4.78, 5) is 8.84. The second-order valence-electron chi connectivity index (χ2n) is 2.84. The van der Waals surface area contributed by atoms with Crippen molar-refractivity contribution in [3.05, 3.63) is 23.1 Å². The Morgan fingerprint density at radius 3 is 3.07 bits per heavy atom. The highest BCUT2D eigenvalue weighted by Gasteiger charge is 2.04. The Hall–Kier alpha value is -1.01. The predicted octanol–water partition coefficient (Wildman–Crippen LogP) is 1.48. The van der Waals surface area contributed by atoms with E-state index in [0.29, 0.717) is 11.5 Å². The summed E-state index contributed by atoms with van der Waals surface area (Å²) in [5.41, 5.74) is 7.07. The molecule has 2 aromatic heterocycles. The fourth-order valence-corrected chi connectivity index (χ4v) is 1.67. The number of pyridine rings is 1. The summed E-state index contributed by atoms with van der Waals surface area (Å²) in [6, 6.07) is 1.90. The zero-order valence-corrected chi connectivity index (χ0v) is 9.55. The van der Waals surface area contributed by atoms with Crippen LogP contribution in [0.5, 0.6) is 0 Å². The summed E-state index contributed by atoms with van der Waals surface area (Å²) >= 11 is 8.15. The van der Waals surface area contributed by atoms with Crippen LogP contribution in [-0.4, -0.2) is 19.5 Å². The van der Waals surface area contributed by atoms with Crippen LogP contribution in [0.2, 0.25) is 0 Å². The van der Waals surface area contributed by atoms with E-state index in [1.54, 1.807) is 12.5 Å². The van der Waals surface area contributed by atoms with Gasteiger partial charge in [-0.05, 0) is 22.0 Å². The summed E-state index contributed by atoms with van der Waals surface area (Å²) in [5, 5.41) is 0. The van der Waals surface area contributed by atoms with Gasteiger partial charge in [0.1, 0.15) is 5.52 Å². The van der Waals surface area contributed by atoms with Crippen molar-refractivity contribution in [3.63, 3.8) is 0 Å². The van der Waals surface area contributed by atoms with Crippen LogP contribution in [-0.2, 0) is 6.54 Å². The summed E-state index contributed by atoms with van der Waals surface area (Å²) in [6.07, 6.45) is 3.41. The van der Waals surface area contributed by atoms with Gasteiger partial charge in [0.2, 0.25) is 0 Å². The van der Waals surface area contributed by atoms with Crippen LogP contribution < -0.4 is 5.73 Å². The molecule has 6 heteroatoms. The number of thiocarbonyl (C=S) groups is 1. The van der Waals surface area contributed by atoms with E-state index in [2.05, 4.69) is 25.9 Å². The lowest BCUT2D eigenvalue weighted by molar-refractivity contribution is 0.871. The molecule has 72 valence electrons. The van der Waals surface area contributed by atoms with Crippen molar-refractivity contribution in [3.8, 4) is 0 Å². The lowest BCUT2D eigenvalue weighted by Crippen LogP contribution is -2.16. The van der Waals surface area contributed by atoms with Crippen molar-refractivity contribution in [2.45, 2.75) is 6.54 Å². The zero-order chi connectivity index (χ0) is 10.1. The van der Waals surface area contributed by atoms with Crippen molar-refractivity contribution >= 4 is 44.3 Å². The van der Waals surface area contributed by atoms with Gasteiger partial charge in [-0.1, -0.05) is 12.2 Å². The number of imidazole rings is 1. The molecule has 0 unspecified atom stereocenters.